The second-order valence-corrected chi connectivity index (χ2v) is 4.76. The van der Waals surface area contributed by atoms with Crippen LogP contribution in [0.3, 0.4) is 0 Å². The number of hydrogen-bond donors (Lipinski definition) is 1. The van der Waals surface area contributed by atoms with Crippen LogP contribution in [0.15, 0.2) is 12.7 Å². The van der Waals surface area contributed by atoms with Crippen LogP contribution in [0.4, 0.5) is 0 Å². The highest BCUT2D eigenvalue weighted by atomic mass is 16.3. The van der Waals surface area contributed by atoms with Gasteiger partial charge in [0, 0.05) is 0 Å². The van der Waals surface area contributed by atoms with E-state index in [1.54, 1.807) is 0 Å². The molecule has 1 aliphatic carbocycles. The quantitative estimate of drug-likeness (QED) is 0.629. The second kappa shape index (κ2) is 2.88. The second-order valence-electron chi connectivity index (χ2n) is 4.76. The van der Waals surface area contributed by atoms with E-state index in [9.17, 15) is 5.11 Å². The first-order chi connectivity index (χ1) is 5.42. The molecule has 1 heteroatoms. The van der Waals surface area contributed by atoms with Gasteiger partial charge in [0.05, 0.1) is 5.60 Å². The minimum absolute atomic E-state index is 0.0428. The zero-order valence-electron chi connectivity index (χ0n) is 8.43. The molecule has 0 bridgehead atoms. The van der Waals surface area contributed by atoms with Crippen LogP contribution < -0.4 is 0 Å². The molecule has 1 rings (SSSR count). The molecule has 0 aromatic carbocycles. The van der Waals surface area contributed by atoms with Crippen molar-refractivity contribution in [3.05, 3.63) is 12.7 Å². The van der Waals surface area contributed by atoms with Crippen LogP contribution in [0.2, 0.25) is 0 Å². The van der Waals surface area contributed by atoms with Crippen LogP contribution in [0.25, 0.3) is 0 Å². The molecule has 0 amide bonds. The molecule has 0 spiro atoms. The predicted molar refractivity (Wildman–Crippen MR) is 51.9 cm³/mol. The molecule has 0 saturated heterocycles. The highest BCUT2D eigenvalue weighted by Crippen LogP contribution is 2.51. The van der Waals surface area contributed by atoms with E-state index in [1.807, 2.05) is 13.0 Å². The number of hydrogen-bond acceptors (Lipinski definition) is 1. The van der Waals surface area contributed by atoms with Gasteiger partial charge in [-0.3, -0.25) is 0 Å². The van der Waals surface area contributed by atoms with Crippen LogP contribution in [-0.2, 0) is 0 Å². The molecule has 0 heterocycles. The van der Waals surface area contributed by atoms with E-state index >= 15 is 0 Å². The lowest BCUT2D eigenvalue weighted by atomic mass is 9.72. The maximum absolute atomic E-state index is 10.1. The third-order valence-corrected chi connectivity index (χ3v) is 3.84. The third-order valence-electron chi connectivity index (χ3n) is 3.84. The van der Waals surface area contributed by atoms with E-state index in [-0.39, 0.29) is 5.41 Å². The Kier molecular flexibility index (Phi) is 2.35. The van der Waals surface area contributed by atoms with Crippen molar-refractivity contribution in [1.82, 2.24) is 0 Å². The molecule has 0 radical (unpaired) electrons. The molecule has 1 N–H and O–H groups in total. The molecule has 0 aliphatic heterocycles. The number of allylic oxidation sites excluding steroid dienone is 1. The lowest BCUT2D eigenvalue weighted by Crippen LogP contribution is -2.39. The van der Waals surface area contributed by atoms with Crippen LogP contribution in [0.5, 0.6) is 0 Å². The lowest BCUT2D eigenvalue weighted by Gasteiger charge is -2.37. The SMILES string of the molecule is C=CCC1CCC(C)(O)C1(C)C. The molecule has 1 fully saturated rings. The van der Waals surface area contributed by atoms with Gasteiger partial charge >= 0.3 is 0 Å². The van der Waals surface area contributed by atoms with Gasteiger partial charge in [0.1, 0.15) is 0 Å². The van der Waals surface area contributed by atoms with Crippen molar-refractivity contribution in [2.45, 2.75) is 45.6 Å². The predicted octanol–water partition coefficient (Wildman–Crippen LogP) is 2.75. The summed E-state index contributed by atoms with van der Waals surface area (Å²) in [5, 5.41) is 10.1. The molecule has 0 aromatic rings. The molecule has 0 aromatic heterocycles. The third kappa shape index (κ3) is 1.31. The highest BCUT2D eigenvalue weighted by molar-refractivity contribution is 5.02. The van der Waals surface area contributed by atoms with Crippen LogP contribution in [0.1, 0.15) is 40.0 Å². The summed E-state index contributed by atoms with van der Waals surface area (Å²) in [5.41, 5.74) is -0.443. The maximum Gasteiger partial charge on any atom is 0.0673 e. The van der Waals surface area contributed by atoms with Gasteiger partial charge in [-0.2, -0.15) is 0 Å². The van der Waals surface area contributed by atoms with Gasteiger partial charge in [0.15, 0.2) is 0 Å². The molecule has 12 heavy (non-hydrogen) atoms. The van der Waals surface area contributed by atoms with E-state index in [1.165, 1.54) is 0 Å². The fourth-order valence-electron chi connectivity index (χ4n) is 2.19. The molecule has 70 valence electrons. The average molecular weight is 168 g/mol. The van der Waals surface area contributed by atoms with Crippen molar-refractivity contribution in [3.8, 4) is 0 Å². The Balaban J connectivity index is 2.77. The largest absolute Gasteiger partial charge is 0.390 e. The van der Waals surface area contributed by atoms with Crippen molar-refractivity contribution in [2.75, 3.05) is 0 Å². The topological polar surface area (TPSA) is 20.2 Å². The highest BCUT2D eigenvalue weighted by Gasteiger charge is 2.49. The summed E-state index contributed by atoms with van der Waals surface area (Å²) in [5.74, 6) is 0.602. The van der Waals surface area contributed by atoms with Crippen molar-refractivity contribution in [3.63, 3.8) is 0 Å². The number of rotatable bonds is 2. The molecule has 1 aliphatic rings. The van der Waals surface area contributed by atoms with E-state index in [0.717, 1.165) is 19.3 Å². The smallest absolute Gasteiger partial charge is 0.0673 e. The molecular formula is C11H20O. The average Bonchev–Trinajstić information content (AvgIpc) is 2.13. The zero-order valence-corrected chi connectivity index (χ0v) is 8.43. The van der Waals surface area contributed by atoms with Crippen molar-refractivity contribution >= 4 is 0 Å². The van der Waals surface area contributed by atoms with E-state index in [0.29, 0.717) is 5.92 Å². The minimum atomic E-state index is -0.485. The van der Waals surface area contributed by atoms with Crippen LogP contribution in [-0.4, -0.2) is 10.7 Å². The first-order valence-corrected chi connectivity index (χ1v) is 4.75. The Labute approximate surface area is 75.5 Å². The monoisotopic (exact) mass is 168 g/mol. The zero-order chi connectivity index (χ0) is 9.41. The van der Waals surface area contributed by atoms with Gasteiger partial charge in [-0.05, 0) is 37.5 Å². The standard InChI is InChI=1S/C11H20O/c1-5-6-9-7-8-11(4,12)10(9,2)3/h5,9,12H,1,6-8H2,2-4H3. The normalized spacial score (nSPS) is 39.8. The van der Waals surface area contributed by atoms with E-state index in [2.05, 4.69) is 20.4 Å². The summed E-state index contributed by atoms with van der Waals surface area (Å²) in [6.07, 6.45) is 5.06. The number of aliphatic hydroxyl groups is 1. The molecule has 2 atom stereocenters. The van der Waals surface area contributed by atoms with Gasteiger partial charge in [-0.1, -0.05) is 19.9 Å². The van der Waals surface area contributed by atoms with Crippen molar-refractivity contribution in [2.24, 2.45) is 11.3 Å². The summed E-state index contributed by atoms with van der Waals surface area (Å²) >= 11 is 0. The fraction of sp³-hybridized carbons (Fsp3) is 0.818. The van der Waals surface area contributed by atoms with Crippen molar-refractivity contribution < 1.29 is 5.11 Å². The molecule has 1 nitrogen and oxygen atoms in total. The molecular weight excluding hydrogens is 148 g/mol. The van der Waals surface area contributed by atoms with Crippen LogP contribution in [0, 0.1) is 11.3 Å². The fourth-order valence-corrected chi connectivity index (χ4v) is 2.19. The van der Waals surface area contributed by atoms with Gasteiger partial charge in [-0.15, -0.1) is 6.58 Å². The summed E-state index contributed by atoms with van der Waals surface area (Å²) in [6, 6.07) is 0. The van der Waals surface area contributed by atoms with Gasteiger partial charge in [0.2, 0.25) is 0 Å². The van der Waals surface area contributed by atoms with E-state index in [4.69, 9.17) is 0 Å². The first kappa shape index (κ1) is 9.79. The van der Waals surface area contributed by atoms with Crippen molar-refractivity contribution in [1.29, 1.82) is 0 Å². The summed E-state index contributed by atoms with van der Waals surface area (Å²) in [6.45, 7) is 10.0. The molecule has 2 unspecified atom stereocenters. The Morgan fingerprint density at radius 3 is 2.42 bits per heavy atom. The summed E-state index contributed by atoms with van der Waals surface area (Å²) < 4.78 is 0. The lowest BCUT2D eigenvalue weighted by molar-refractivity contribution is -0.0418. The Hall–Kier alpha value is -0.300. The Bertz CT molecular complexity index is 179. The summed E-state index contributed by atoms with van der Waals surface area (Å²) in [4.78, 5) is 0. The van der Waals surface area contributed by atoms with Gasteiger partial charge in [0.25, 0.3) is 0 Å². The first-order valence-electron chi connectivity index (χ1n) is 4.75. The van der Waals surface area contributed by atoms with Crippen LogP contribution >= 0.6 is 0 Å². The molecule has 1 saturated carbocycles. The van der Waals surface area contributed by atoms with E-state index < -0.39 is 5.60 Å². The minimum Gasteiger partial charge on any atom is -0.390 e. The summed E-state index contributed by atoms with van der Waals surface area (Å²) in [7, 11) is 0. The Morgan fingerprint density at radius 1 is 1.50 bits per heavy atom. The van der Waals surface area contributed by atoms with Gasteiger partial charge in [-0.25, -0.2) is 0 Å². The Morgan fingerprint density at radius 2 is 2.08 bits per heavy atom. The maximum atomic E-state index is 10.1. The van der Waals surface area contributed by atoms with Gasteiger partial charge < -0.3 is 5.11 Å².